The molecule has 0 saturated heterocycles. The fourth-order valence-electron chi connectivity index (χ4n) is 17.8. The van der Waals surface area contributed by atoms with Gasteiger partial charge >= 0.3 is 0 Å². The van der Waals surface area contributed by atoms with Crippen LogP contribution in [0.4, 0.5) is 34.8 Å². The van der Waals surface area contributed by atoms with Crippen molar-refractivity contribution in [3.05, 3.63) is 368 Å². The fourth-order valence-corrected chi connectivity index (χ4v) is 17.8. The number of pyridine rings is 5. The van der Waals surface area contributed by atoms with Crippen molar-refractivity contribution in [3.8, 4) is 69.0 Å². The molecule has 36 heteroatoms. The number of allylic oxidation sites excluding steroid dienone is 1. The van der Waals surface area contributed by atoms with Crippen LogP contribution in [0.2, 0.25) is 0 Å². The van der Waals surface area contributed by atoms with Crippen molar-refractivity contribution in [2.24, 2.45) is 5.10 Å². The average molecular weight is 1870 g/mol. The van der Waals surface area contributed by atoms with Crippen LogP contribution in [0.15, 0.2) is 279 Å². The van der Waals surface area contributed by atoms with Gasteiger partial charge < -0.3 is 34.6 Å². The molecule has 6 N–H and O–H groups in total. The van der Waals surface area contributed by atoms with Crippen molar-refractivity contribution in [2.45, 2.75) is 90.4 Å². The van der Waals surface area contributed by atoms with E-state index in [1.165, 1.54) is 21.1 Å². The summed E-state index contributed by atoms with van der Waals surface area (Å²) in [7, 11) is 2.08. The Labute approximate surface area is 799 Å². The summed E-state index contributed by atoms with van der Waals surface area (Å²) in [5.41, 5.74) is 15.3. The molecule has 23 rings (SSSR count). The molecule has 0 bridgehead atoms. The monoisotopic (exact) mass is 1870 g/mol. The van der Waals surface area contributed by atoms with E-state index in [0.717, 1.165) is 67.6 Å². The normalized spacial score (nSPS) is 14.6. The molecule has 140 heavy (non-hydrogen) atoms. The first-order valence-electron chi connectivity index (χ1n) is 46.1. The molecule has 0 spiro atoms. The number of nitrogens with one attached hydrogen (secondary N) is 6. The number of rotatable bonds is 11. The maximum Gasteiger partial charge on any atom is 0.279 e. The molecule has 0 atom stereocenters. The van der Waals surface area contributed by atoms with E-state index in [1.54, 1.807) is 142 Å². The Balaban J connectivity index is 0.000000112. The van der Waals surface area contributed by atoms with E-state index in [9.17, 15) is 47.9 Å². The smallest absolute Gasteiger partial charge is 0.279 e. The molecule has 8 aliphatic rings. The Hall–Kier alpha value is -17.9. The van der Waals surface area contributed by atoms with Gasteiger partial charge in [-0.25, -0.2) is 29.6 Å². The van der Waals surface area contributed by atoms with Gasteiger partial charge in [-0.15, -0.1) is 0 Å². The van der Waals surface area contributed by atoms with Gasteiger partial charge in [0, 0.05) is 118 Å². The van der Waals surface area contributed by atoms with Crippen LogP contribution < -0.4 is 67.4 Å². The van der Waals surface area contributed by atoms with Gasteiger partial charge in [-0.2, -0.15) is 10.2 Å². The number of carbonyl (C=O) groups excluding carboxylic acids is 5. The highest BCUT2D eigenvalue weighted by atomic mass is 16.5. The molecule has 0 fully saturated rings. The molecule has 700 valence electrons. The first-order valence-corrected chi connectivity index (χ1v) is 46.1. The number of hydrogen-bond donors (Lipinski definition) is 6. The number of aromatic amines is 5. The Bertz CT molecular complexity index is 7680. The minimum Gasteiger partial charge on any atom is -0.493 e. The second-order valence-corrected chi connectivity index (χ2v) is 34.1. The van der Waals surface area contributed by atoms with E-state index in [4.69, 9.17) is 4.74 Å². The average Bonchev–Trinajstić information content (AvgIpc) is 0.867. The zero-order valence-electron chi connectivity index (χ0n) is 76.4. The largest absolute Gasteiger partial charge is 0.493 e. The highest BCUT2D eigenvalue weighted by Gasteiger charge is 2.36. The maximum absolute atomic E-state index is 13.4. The number of hydrazone groups is 1. The van der Waals surface area contributed by atoms with Gasteiger partial charge in [-0.05, 0) is 235 Å². The molecule has 4 aromatic carbocycles. The SMILES string of the molecule is C=C1C=CC(C(=O)N2CCCc3c2nc(-c2ccccn2)[nH]c3=O)=NN1.CN1CCCc2cc(C(=O)N3CCCc4c3nc(-c3ccccn3)[nH]c4=O)ccc21.Cc1cccc(C(=O)N2CCCc3c2nc(-c2ccccn2)[nH]c3=O)c1.O=C(c1ccc2c(c1)CCO2)N1CCCc2c1nc(-c1ccccn1)[nH]c2=O.O=C(c1ccn(-c2ccccc2)n1)N1CCCc2c1nc(-c1ccccn1)[nH]c2=O. The van der Waals surface area contributed by atoms with Crippen molar-refractivity contribution in [3.63, 3.8) is 0 Å². The van der Waals surface area contributed by atoms with Gasteiger partial charge in [0.2, 0.25) is 0 Å². The first-order chi connectivity index (χ1) is 68.3. The molecule has 5 amide bonds. The van der Waals surface area contributed by atoms with Gasteiger partial charge in [-0.3, -0.25) is 103 Å². The summed E-state index contributed by atoms with van der Waals surface area (Å²) in [6.45, 7) is 9.89. The number of hydrogen-bond acceptors (Lipinski definition) is 25. The van der Waals surface area contributed by atoms with Crippen LogP contribution in [0.1, 0.15) is 125 Å². The van der Waals surface area contributed by atoms with Crippen LogP contribution in [0.25, 0.3) is 63.3 Å². The van der Waals surface area contributed by atoms with E-state index in [-0.39, 0.29) is 63.0 Å². The molecule has 0 aliphatic carbocycles. The van der Waals surface area contributed by atoms with Crippen molar-refractivity contribution < 1.29 is 28.7 Å². The summed E-state index contributed by atoms with van der Waals surface area (Å²) in [5, 5.41) is 8.46. The predicted octanol–water partition coefficient (Wildman–Crippen LogP) is 11.7. The molecule has 19 heterocycles. The Kier molecular flexibility index (Phi) is 26.6. The summed E-state index contributed by atoms with van der Waals surface area (Å²) < 4.78 is 7.18. The molecule has 0 unspecified atom stereocenters. The van der Waals surface area contributed by atoms with Crippen molar-refractivity contribution in [1.82, 2.24) is 90.0 Å². The maximum atomic E-state index is 13.4. The van der Waals surface area contributed by atoms with E-state index >= 15 is 0 Å². The number of H-pyrrole nitrogens is 5. The van der Waals surface area contributed by atoms with E-state index < -0.39 is 0 Å². The summed E-state index contributed by atoms with van der Waals surface area (Å²) in [6, 6.07) is 57.1. The number of carbonyl (C=O) groups is 5. The number of ether oxygens (including phenoxy) is 1. The molecule has 0 radical (unpaired) electrons. The summed E-state index contributed by atoms with van der Waals surface area (Å²) in [6.07, 6.45) is 22.6. The number of amides is 5. The number of fused-ring (bicyclic) bond motifs is 7. The van der Waals surface area contributed by atoms with Crippen molar-refractivity contribution >= 4 is 70.0 Å². The molecule has 36 nitrogen and oxygen atoms in total. The number of aromatic nitrogens is 17. The van der Waals surface area contributed by atoms with E-state index in [1.807, 2.05) is 122 Å². The van der Waals surface area contributed by atoms with Crippen LogP contribution in [0.5, 0.6) is 5.75 Å². The minimum absolute atomic E-state index is 0.114. The standard InChI is InChI=1S/C23H23N5O2.C22H18N6O2.C21H18N4O3.C20H18N4O2.C18H16N6O2/c1-27-12-4-6-15-14-16(9-10-19(15)27)23(30)28-13-5-7-17-21(28)25-20(26-22(17)29)18-8-2-3-11-24-18;29-21-16-9-6-13-27(20(16)24-19(25-21)17-10-4-5-12-23-17)22(30)18-11-14-28(26-18)15-7-2-1-3-8-15;26-20-15-4-3-10-25(19(15)23-18(24-20)16-5-1-2-9-22-16)21(27)14-6-7-17-13(12-14)8-11-28-17;1-13-6-4-7-14(12-13)20(26)24-11-5-8-15-18(24)22-17(23-19(15)25)16-9-2-3-10-21-16;1-11-7-8-14(23-22-11)18(26)24-10-4-5-12-16(24)20-15(21-17(12)25)13-6-2-3-9-19-13/h2-3,8-11,14H,4-7,12-13H2,1H3,(H,25,26,29);1-5,7-8,10-12,14H,6,9,13H2,(H,24,25,29);1-2,5-7,9,12H,3-4,8,10-11H2,(H,23,24,26);2-4,6-7,9-10,12H,5,8,11H2,1H3,(H,22,23,25);2-3,6-9,22H,1,4-5,10H2,(H,20,21,25). The second kappa shape index (κ2) is 40.8. The molecule has 11 aromatic heterocycles. The topological polar surface area (TPSA) is 449 Å². The quantitative estimate of drug-likeness (QED) is 0.0700. The highest BCUT2D eigenvalue weighted by Crippen LogP contribution is 2.36. The summed E-state index contributed by atoms with van der Waals surface area (Å²) >= 11 is 0. The van der Waals surface area contributed by atoms with Crippen LogP contribution >= 0.6 is 0 Å². The third-order valence-corrected chi connectivity index (χ3v) is 24.7. The van der Waals surface area contributed by atoms with Gasteiger partial charge in [0.05, 0.1) is 40.1 Å². The Morgan fingerprint density at radius 1 is 0.364 bits per heavy atom. The number of nitrogens with zero attached hydrogens (tertiary/aromatic N) is 19. The van der Waals surface area contributed by atoms with Gasteiger partial charge in [0.25, 0.3) is 57.3 Å². The summed E-state index contributed by atoms with van der Waals surface area (Å²) in [5.74, 6) is 3.69. The lowest BCUT2D eigenvalue weighted by Gasteiger charge is -2.30. The third-order valence-electron chi connectivity index (χ3n) is 24.7. The van der Waals surface area contributed by atoms with Crippen LogP contribution in [-0.4, -0.2) is 173 Å². The van der Waals surface area contributed by atoms with Gasteiger partial charge in [-0.1, -0.05) is 72.8 Å². The third kappa shape index (κ3) is 19.6. The number of aryl methyl sites for hydroxylation is 2. The molecular weight excluding hydrogens is 1780 g/mol. The predicted molar refractivity (Wildman–Crippen MR) is 528 cm³/mol. The zero-order valence-corrected chi connectivity index (χ0v) is 76.4. The lowest BCUT2D eigenvalue weighted by Crippen LogP contribution is -2.43. The summed E-state index contributed by atoms with van der Waals surface area (Å²) in [4.78, 5) is 197. The van der Waals surface area contributed by atoms with Crippen LogP contribution in [0.3, 0.4) is 0 Å². The minimum atomic E-state index is -0.313. The number of anilines is 6. The second-order valence-electron chi connectivity index (χ2n) is 34.1. The lowest BCUT2D eigenvalue weighted by atomic mass is 9.98. The fraction of sp³-hybridized carbons (Fsp3) is 0.212. The molecule has 0 saturated carbocycles. The lowest BCUT2D eigenvalue weighted by molar-refractivity contribution is -0.112. The van der Waals surface area contributed by atoms with Crippen molar-refractivity contribution in [2.75, 3.05) is 82.3 Å². The van der Waals surface area contributed by atoms with E-state index in [2.05, 4.69) is 109 Å². The molecule has 8 aliphatic heterocycles. The van der Waals surface area contributed by atoms with Crippen molar-refractivity contribution in [1.29, 1.82) is 0 Å². The number of para-hydroxylation sites is 1. The van der Waals surface area contributed by atoms with E-state index in [0.29, 0.717) is 227 Å². The van der Waals surface area contributed by atoms with Crippen LogP contribution in [0, 0.1) is 6.92 Å². The zero-order chi connectivity index (χ0) is 96.4. The van der Waals surface area contributed by atoms with Gasteiger partial charge in [0.15, 0.2) is 34.8 Å². The van der Waals surface area contributed by atoms with Crippen LogP contribution in [-0.2, 0) is 49.7 Å². The molecular formula is C104H93N25O11. The highest BCUT2D eigenvalue weighted by molar-refractivity contribution is 6.47. The van der Waals surface area contributed by atoms with Gasteiger partial charge in [0.1, 0.15) is 69.0 Å². The first kappa shape index (κ1) is 91.3. The molecule has 15 aromatic rings. The number of benzene rings is 4. The Morgan fingerprint density at radius 3 is 1.14 bits per heavy atom. The Morgan fingerprint density at radius 2 is 0.743 bits per heavy atom.